The molecule has 0 saturated heterocycles. The molecule has 6 rings (SSSR count). The van der Waals surface area contributed by atoms with E-state index in [2.05, 4.69) is 25.3 Å². The lowest BCUT2D eigenvalue weighted by atomic mass is 10.0. The zero-order chi connectivity index (χ0) is 27.7. The molecule has 0 saturated carbocycles. The van der Waals surface area contributed by atoms with Crippen molar-refractivity contribution >= 4 is 44.1 Å². The van der Waals surface area contributed by atoms with E-state index < -0.39 is 10.0 Å². The SMILES string of the molecule is Cc1ncc2c(=O)n(-c3ccc(Cl)cc3)[nH]c2c1-c1cccc(CS(N)(=O)=O)c1.O=C1N=Nc2ccncc21. The third kappa shape index (κ3) is 5.53. The normalized spacial score (nSPS) is 12.3. The Balaban J connectivity index is 0.000000257. The number of aromatic nitrogens is 4. The van der Waals surface area contributed by atoms with Gasteiger partial charge in [-0.05, 0) is 54.4 Å². The maximum atomic E-state index is 12.9. The van der Waals surface area contributed by atoms with Crippen molar-refractivity contribution < 1.29 is 13.2 Å². The maximum Gasteiger partial charge on any atom is 0.299 e. The first kappa shape index (κ1) is 26.1. The first-order chi connectivity index (χ1) is 18.6. The van der Waals surface area contributed by atoms with Crippen molar-refractivity contribution in [2.24, 2.45) is 15.4 Å². The Hall–Kier alpha value is -4.52. The second kappa shape index (κ2) is 10.3. The number of benzene rings is 2. The van der Waals surface area contributed by atoms with Crippen LogP contribution < -0.4 is 10.7 Å². The maximum absolute atomic E-state index is 12.9. The van der Waals surface area contributed by atoms with Crippen molar-refractivity contribution in [2.75, 3.05) is 0 Å². The molecule has 0 unspecified atom stereocenters. The van der Waals surface area contributed by atoms with Crippen LogP contribution in [0.2, 0.25) is 5.02 Å². The predicted octanol–water partition coefficient (Wildman–Crippen LogP) is 4.45. The van der Waals surface area contributed by atoms with Crippen LogP contribution in [0.4, 0.5) is 5.69 Å². The standard InChI is InChI=1S/C20H17ClN4O3S.C6H3N3O/c1-12-18(14-4-2-3-13(9-14)11-29(22,27)28)19-17(10-23-12)20(26)25(24-19)16-7-5-15(21)6-8-16;10-6-4-3-7-2-1-5(4)8-9-6/h2-10,24H,11H2,1H3,(H2,22,27,28);1-3H. The Morgan fingerprint density at radius 3 is 2.51 bits per heavy atom. The highest BCUT2D eigenvalue weighted by Crippen LogP contribution is 2.30. The fourth-order valence-corrected chi connectivity index (χ4v) is 4.90. The molecule has 4 heterocycles. The number of fused-ring (bicyclic) bond motifs is 2. The number of halogens is 1. The lowest BCUT2D eigenvalue weighted by Crippen LogP contribution is -2.14. The number of hydrogen-bond acceptors (Lipinski definition) is 7. The molecule has 0 bridgehead atoms. The molecule has 5 aromatic rings. The Morgan fingerprint density at radius 1 is 1.03 bits per heavy atom. The minimum absolute atomic E-state index is 0.239. The van der Waals surface area contributed by atoms with Crippen LogP contribution in [0.3, 0.4) is 0 Å². The topological polar surface area (TPSA) is 166 Å². The van der Waals surface area contributed by atoms with Gasteiger partial charge in [-0.2, -0.15) is 0 Å². The van der Waals surface area contributed by atoms with Gasteiger partial charge in [-0.15, -0.1) is 10.2 Å². The summed E-state index contributed by atoms with van der Waals surface area (Å²) in [5.41, 5.74) is 4.84. The Kier molecular flexibility index (Phi) is 6.91. The zero-order valence-electron chi connectivity index (χ0n) is 20.4. The van der Waals surface area contributed by atoms with Crippen molar-refractivity contribution in [3.05, 3.63) is 105 Å². The van der Waals surface area contributed by atoms with E-state index in [4.69, 9.17) is 16.7 Å². The van der Waals surface area contributed by atoms with Gasteiger partial charge in [0.2, 0.25) is 10.0 Å². The number of aromatic amines is 1. The molecule has 2 aromatic carbocycles. The van der Waals surface area contributed by atoms with Gasteiger partial charge < -0.3 is 0 Å². The number of nitrogens with one attached hydrogen (secondary N) is 1. The van der Waals surface area contributed by atoms with Gasteiger partial charge in [0.1, 0.15) is 5.69 Å². The number of H-pyrrole nitrogens is 1. The number of amides is 1. The van der Waals surface area contributed by atoms with Crippen LogP contribution in [-0.2, 0) is 15.8 Å². The fraction of sp³-hybridized carbons (Fsp3) is 0.0769. The monoisotopic (exact) mass is 561 g/mol. The fourth-order valence-electron chi connectivity index (χ4n) is 4.13. The molecule has 0 aliphatic carbocycles. The second-order valence-electron chi connectivity index (χ2n) is 8.64. The molecule has 1 aliphatic heterocycles. The highest BCUT2D eigenvalue weighted by atomic mass is 35.5. The van der Waals surface area contributed by atoms with Crippen LogP contribution in [0, 0.1) is 6.92 Å². The van der Waals surface area contributed by atoms with Crippen LogP contribution >= 0.6 is 11.6 Å². The van der Waals surface area contributed by atoms with Gasteiger partial charge in [-0.1, -0.05) is 29.8 Å². The number of nitrogens with two attached hydrogens (primary N) is 1. The Bertz CT molecular complexity index is 1930. The number of rotatable bonds is 4. The first-order valence-electron chi connectivity index (χ1n) is 11.5. The smallest absolute Gasteiger partial charge is 0.290 e. The summed E-state index contributed by atoms with van der Waals surface area (Å²) in [6.45, 7) is 1.83. The molecular weight excluding hydrogens is 542 g/mol. The van der Waals surface area contributed by atoms with Gasteiger partial charge in [0.25, 0.3) is 11.5 Å². The van der Waals surface area contributed by atoms with E-state index in [1.807, 2.05) is 13.0 Å². The number of hydrogen-bond donors (Lipinski definition) is 2. The van der Waals surface area contributed by atoms with E-state index in [1.54, 1.807) is 54.7 Å². The number of primary sulfonamides is 1. The average molecular weight is 562 g/mol. The summed E-state index contributed by atoms with van der Waals surface area (Å²) in [5.74, 6) is -0.575. The average Bonchev–Trinajstić information content (AvgIpc) is 3.44. The summed E-state index contributed by atoms with van der Waals surface area (Å²) in [6.07, 6.45) is 4.59. The van der Waals surface area contributed by atoms with E-state index in [-0.39, 0.29) is 17.2 Å². The van der Waals surface area contributed by atoms with E-state index in [1.165, 1.54) is 17.1 Å². The van der Waals surface area contributed by atoms with Crippen molar-refractivity contribution in [3.8, 4) is 16.8 Å². The lowest BCUT2D eigenvalue weighted by Gasteiger charge is -2.09. The third-order valence-electron chi connectivity index (χ3n) is 5.87. The summed E-state index contributed by atoms with van der Waals surface area (Å²) in [7, 11) is -3.66. The van der Waals surface area contributed by atoms with Crippen LogP contribution in [-0.4, -0.2) is 34.1 Å². The van der Waals surface area contributed by atoms with Crippen LogP contribution in [0.25, 0.3) is 27.7 Å². The van der Waals surface area contributed by atoms with Crippen molar-refractivity contribution in [3.63, 3.8) is 0 Å². The minimum atomic E-state index is -3.66. The lowest BCUT2D eigenvalue weighted by molar-refractivity contribution is 0.100. The molecular formula is C26H20ClN7O4S. The van der Waals surface area contributed by atoms with E-state index in [0.717, 1.165) is 11.1 Å². The summed E-state index contributed by atoms with van der Waals surface area (Å²) >= 11 is 5.94. The molecule has 3 aromatic heterocycles. The van der Waals surface area contributed by atoms with Crippen molar-refractivity contribution in [2.45, 2.75) is 12.7 Å². The van der Waals surface area contributed by atoms with Crippen LogP contribution in [0.15, 0.2) is 88.2 Å². The molecule has 0 atom stereocenters. The molecule has 0 fully saturated rings. The minimum Gasteiger partial charge on any atom is -0.290 e. The van der Waals surface area contributed by atoms with Crippen molar-refractivity contribution in [1.82, 2.24) is 19.7 Å². The molecule has 0 radical (unpaired) electrons. The molecule has 3 N–H and O–H groups in total. The van der Waals surface area contributed by atoms with Crippen molar-refractivity contribution in [1.29, 1.82) is 0 Å². The molecule has 39 heavy (non-hydrogen) atoms. The Labute approximate surface area is 227 Å². The Morgan fingerprint density at radius 2 is 1.79 bits per heavy atom. The van der Waals surface area contributed by atoms with Gasteiger partial charge in [-0.3, -0.25) is 24.7 Å². The third-order valence-corrected chi connectivity index (χ3v) is 6.86. The molecule has 196 valence electrons. The number of nitrogens with zero attached hydrogens (tertiary/aromatic N) is 5. The largest absolute Gasteiger partial charge is 0.299 e. The zero-order valence-corrected chi connectivity index (χ0v) is 21.9. The molecule has 1 aliphatic rings. The molecule has 1 amide bonds. The number of sulfonamides is 1. The van der Waals surface area contributed by atoms with E-state index >= 15 is 0 Å². The number of pyridine rings is 2. The van der Waals surface area contributed by atoms with Gasteiger partial charge in [-0.25, -0.2) is 18.2 Å². The predicted molar refractivity (Wildman–Crippen MR) is 147 cm³/mol. The highest BCUT2D eigenvalue weighted by molar-refractivity contribution is 7.88. The number of aryl methyl sites for hydroxylation is 1. The molecule has 11 nitrogen and oxygen atoms in total. The summed E-state index contributed by atoms with van der Waals surface area (Å²) in [6, 6.07) is 15.6. The quantitative estimate of drug-likeness (QED) is 0.329. The number of carbonyl (C=O) groups is 1. The van der Waals surface area contributed by atoms with E-state index in [9.17, 15) is 18.0 Å². The van der Waals surface area contributed by atoms with Gasteiger partial charge >= 0.3 is 0 Å². The summed E-state index contributed by atoms with van der Waals surface area (Å²) in [5, 5.41) is 16.3. The first-order valence-corrected chi connectivity index (χ1v) is 13.6. The summed E-state index contributed by atoms with van der Waals surface area (Å²) in [4.78, 5) is 31.8. The molecule has 13 heteroatoms. The van der Waals surface area contributed by atoms with Gasteiger partial charge in [0, 0.05) is 34.9 Å². The van der Waals surface area contributed by atoms with Crippen LogP contribution in [0.1, 0.15) is 21.6 Å². The highest BCUT2D eigenvalue weighted by Gasteiger charge is 2.17. The summed E-state index contributed by atoms with van der Waals surface area (Å²) < 4.78 is 24.4. The number of carbonyl (C=O) groups excluding carboxylic acids is 1. The van der Waals surface area contributed by atoms with Gasteiger partial charge in [0.05, 0.1) is 27.9 Å². The molecule has 0 spiro atoms. The van der Waals surface area contributed by atoms with Gasteiger partial charge in [0.15, 0.2) is 0 Å². The number of azo groups is 1. The van der Waals surface area contributed by atoms with E-state index in [0.29, 0.717) is 44.1 Å². The van der Waals surface area contributed by atoms with Crippen LogP contribution in [0.5, 0.6) is 0 Å². The second-order valence-corrected chi connectivity index (χ2v) is 10.7.